The van der Waals surface area contributed by atoms with Gasteiger partial charge >= 0.3 is 0 Å². The number of para-hydroxylation sites is 1. The fourth-order valence-corrected chi connectivity index (χ4v) is 3.39. The molecule has 4 rings (SSSR count). The highest BCUT2D eigenvalue weighted by molar-refractivity contribution is 5.93. The minimum absolute atomic E-state index is 0.000299. The molecule has 2 aliphatic rings. The molecule has 1 aromatic heterocycles. The van der Waals surface area contributed by atoms with Gasteiger partial charge in [0.05, 0.1) is 24.7 Å². The highest BCUT2D eigenvalue weighted by atomic mass is 16.5. The van der Waals surface area contributed by atoms with Crippen LogP contribution < -0.4 is 32.6 Å². The first-order valence-electron chi connectivity index (χ1n) is 11.4. The zero-order valence-corrected chi connectivity index (χ0v) is 20.0. The Balaban J connectivity index is 0.000000642. The summed E-state index contributed by atoms with van der Waals surface area (Å²) in [6.07, 6.45) is 6.99. The number of ether oxygens (including phenoxy) is 2. The summed E-state index contributed by atoms with van der Waals surface area (Å²) in [5, 5.41) is 21.3. The summed E-state index contributed by atoms with van der Waals surface area (Å²) < 4.78 is 10.5. The minimum atomic E-state index is -0.878. The maximum atomic E-state index is 11.9. The third-order valence-electron chi connectivity index (χ3n) is 5.43. The van der Waals surface area contributed by atoms with Crippen LogP contribution in [0.3, 0.4) is 0 Å². The van der Waals surface area contributed by atoms with Crippen molar-refractivity contribution in [2.75, 3.05) is 25.6 Å². The van der Waals surface area contributed by atoms with Gasteiger partial charge in [0.2, 0.25) is 5.91 Å². The predicted molar refractivity (Wildman–Crippen MR) is 133 cm³/mol. The lowest BCUT2D eigenvalue weighted by molar-refractivity contribution is -0.121. The van der Waals surface area contributed by atoms with Crippen molar-refractivity contribution in [3.8, 4) is 22.9 Å². The highest BCUT2D eigenvalue weighted by Crippen LogP contribution is 2.38. The van der Waals surface area contributed by atoms with E-state index in [0.717, 1.165) is 26.1 Å². The molecule has 2 aromatic rings. The molecule has 2 fully saturated rings. The van der Waals surface area contributed by atoms with E-state index in [0.29, 0.717) is 22.6 Å². The molecule has 1 aliphatic heterocycles. The SMILES string of the molecule is C1CCOC1.COc1c(NC(/C=C(\N)NC(=O)C2CC2)=C(/N)C(N)=O)cccc1-c1cn[nH]c1C#N. The average molecular weight is 495 g/mol. The summed E-state index contributed by atoms with van der Waals surface area (Å²) in [5.41, 5.74) is 18.7. The number of carbonyl (C=O) groups excluding carboxylic acids is 2. The number of benzene rings is 1. The molecule has 0 unspecified atom stereocenters. The molecule has 1 aliphatic carbocycles. The van der Waals surface area contributed by atoms with E-state index in [1.807, 2.05) is 6.07 Å². The summed E-state index contributed by atoms with van der Waals surface area (Å²) in [7, 11) is 1.46. The molecule has 2 heterocycles. The van der Waals surface area contributed by atoms with Gasteiger partial charge in [-0.2, -0.15) is 10.4 Å². The van der Waals surface area contributed by atoms with Crippen LogP contribution in [0, 0.1) is 17.2 Å². The Morgan fingerprint density at radius 2 is 1.94 bits per heavy atom. The van der Waals surface area contributed by atoms with E-state index >= 15 is 0 Å². The zero-order valence-electron chi connectivity index (χ0n) is 20.0. The van der Waals surface area contributed by atoms with E-state index in [-0.39, 0.29) is 34.7 Å². The van der Waals surface area contributed by atoms with Crippen LogP contribution in [0.2, 0.25) is 0 Å². The number of nitrogens with one attached hydrogen (secondary N) is 3. The fourth-order valence-electron chi connectivity index (χ4n) is 3.39. The largest absolute Gasteiger partial charge is 0.494 e. The first-order chi connectivity index (χ1) is 17.3. The average Bonchev–Trinajstić information content (AvgIpc) is 3.32. The molecule has 0 bridgehead atoms. The van der Waals surface area contributed by atoms with Gasteiger partial charge in [-0.1, -0.05) is 12.1 Å². The van der Waals surface area contributed by atoms with E-state index < -0.39 is 5.91 Å². The number of amides is 2. The smallest absolute Gasteiger partial charge is 0.266 e. The molecule has 0 atom stereocenters. The van der Waals surface area contributed by atoms with Crippen LogP contribution in [0.25, 0.3) is 11.1 Å². The van der Waals surface area contributed by atoms with Crippen LogP contribution in [-0.4, -0.2) is 42.3 Å². The Bertz CT molecular complexity index is 1200. The number of rotatable bonds is 8. The Morgan fingerprint density at radius 1 is 1.22 bits per heavy atom. The number of primary amides is 1. The molecule has 0 radical (unpaired) electrons. The second-order valence-corrected chi connectivity index (χ2v) is 8.16. The van der Waals surface area contributed by atoms with Gasteiger partial charge in [-0.25, -0.2) is 0 Å². The zero-order chi connectivity index (χ0) is 26.1. The maximum absolute atomic E-state index is 11.9. The Morgan fingerprint density at radius 3 is 2.50 bits per heavy atom. The number of carbonyl (C=O) groups is 2. The van der Waals surface area contributed by atoms with Gasteiger partial charge in [0.1, 0.15) is 29.0 Å². The molecular formula is C24H30N8O4. The fraction of sp³-hybridized carbons (Fsp3) is 0.333. The minimum Gasteiger partial charge on any atom is -0.494 e. The maximum Gasteiger partial charge on any atom is 0.266 e. The summed E-state index contributed by atoms with van der Waals surface area (Å²) in [6.45, 7) is 2.00. The number of allylic oxidation sites excluding steroid dienone is 1. The standard InChI is InChI=1S/C20H22N8O3.C4H8O/c1-31-18-11(12-9-25-28-15(12)8-21)3-2-4-13(18)26-14(17(23)19(24)29)7-16(22)27-20(30)10-5-6-10;1-2-4-5-3-1/h2-4,7,9-10,26H,5-6,22-23H2,1H3,(H2,24,29)(H,25,28)(H,27,30);1-4H2/b16-7+,17-14+;. The van der Waals surface area contributed by atoms with Crippen molar-refractivity contribution >= 4 is 17.5 Å². The highest BCUT2D eigenvalue weighted by Gasteiger charge is 2.29. The molecule has 190 valence electrons. The van der Waals surface area contributed by atoms with Gasteiger partial charge in [-0.05, 0) is 31.7 Å². The number of hydrogen-bond acceptors (Lipinski definition) is 9. The van der Waals surface area contributed by atoms with Crippen molar-refractivity contribution < 1.29 is 19.1 Å². The Labute approximate surface area is 208 Å². The number of nitriles is 1. The third-order valence-corrected chi connectivity index (χ3v) is 5.43. The normalized spacial score (nSPS) is 15.6. The summed E-state index contributed by atoms with van der Waals surface area (Å²) in [6, 6.07) is 7.17. The van der Waals surface area contributed by atoms with Crippen LogP contribution in [0.5, 0.6) is 5.75 Å². The molecule has 36 heavy (non-hydrogen) atoms. The van der Waals surface area contributed by atoms with Gasteiger partial charge in [0.15, 0.2) is 0 Å². The van der Waals surface area contributed by atoms with Gasteiger partial charge in [-0.3, -0.25) is 14.7 Å². The Hall–Kier alpha value is -4.50. The number of aromatic amines is 1. The number of aromatic nitrogens is 2. The molecule has 9 N–H and O–H groups in total. The van der Waals surface area contributed by atoms with Crippen molar-refractivity contribution in [1.82, 2.24) is 15.5 Å². The van der Waals surface area contributed by atoms with Crippen LogP contribution in [0.4, 0.5) is 5.69 Å². The lowest BCUT2D eigenvalue weighted by Crippen LogP contribution is -2.30. The number of nitrogens with zero attached hydrogens (tertiary/aromatic N) is 2. The topological polar surface area (TPSA) is 207 Å². The quantitative estimate of drug-likeness (QED) is 0.229. The van der Waals surface area contributed by atoms with Gasteiger partial charge in [0.25, 0.3) is 5.91 Å². The van der Waals surface area contributed by atoms with E-state index in [2.05, 4.69) is 20.8 Å². The van der Waals surface area contributed by atoms with E-state index in [4.69, 9.17) is 26.7 Å². The van der Waals surface area contributed by atoms with Gasteiger partial charge in [0, 0.05) is 36.3 Å². The molecule has 1 aromatic carbocycles. The number of nitrogens with two attached hydrogens (primary N) is 3. The van der Waals surface area contributed by atoms with Crippen molar-refractivity contribution in [2.24, 2.45) is 23.1 Å². The molecule has 2 amide bonds. The van der Waals surface area contributed by atoms with Crippen molar-refractivity contribution in [2.45, 2.75) is 25.7 Å². The van der Waals surface area contributed by atoms with E-state index in [9.17, 15) is 14.9 Å². The number of methoxy groups -OCH3 is 1. The van der Waals surface area contributed by atoms with Crippen molar-refractivity contribution in [1.29, 1.82) is 5.26 Å². The van der Waals surface area contributed by atoms with Crippen molar-refractivity contribution in [3.63, 3.8) is 0 Å². The predicted octanol–water partition coefficient (Wildman–Crippen LogP) is 1.15. The van der Waals surface area contributed by atoms with Crippen LogP contribution >= 0.6 is 0 Å². The molecular weight excluding hydrogens is 464 g/mol. The van der Waals surface area contributed by atoms with E-state index in [1.165, 1.54) is 32.2 Å². The second-order valence-electron chi connectivity index (χ2n) is 8.16. The molecule has 1 saturated carbocycles. The molecule has 1 saturated heterocycles. The Kier molecular flexibility index (Phi) is 8.90. The first kappa shape index (κ1) is 26.1. The van der Waals surface area contributed by atoms with E-state index in [1.54, 1.807) is 18.2 Å². The van der Waals surface area contributed by atoms with Crippen LogP contribution in [0.15, 0.2) is 47.7 Å². The first-order valence-corrected chi connectivity index (χ1v) is 11.4. The van der Waals surface area contributed by atoms with Crippen LogP contribution in [-0.2, 0) is 14.3 Å². The number of H-pyrrole nitrogens is 1. The summed E-state index contributed by atoms with van der Waals surface area (Å²) in [4.78, 5) is 23.7. The number of anilines is 1. The monoisotopic (exact) mass is 494 g/mol. The summed E-state index contributed by atoms with van der Waals surface area (Å²) in [5.74, 6) is -0.766. The number of hydrogen-bond donors (Lipinski definition) is 6. The lowest BCUT2D eigenvalue weighted by atomic mass is 10.0. The molecule has 12 heteroatoms. The van der Waals surface area contributed by atoms with Gasteiger partial charge in [-0.15, -0.1) is 0 Å². The second kappa shape index (κ2) is 12.3. The molecule has 12 nitrogen and oxygen atoms in total. The summed E-state index contributed by atoms with van der Waals surface area (Å²) >= 11 is 0. The third kappa shape index (κ3) is 6.77. The molecule has 0 spiro atoms. The van der Waals surface area contributed by atoms with Crippen LogP contribution in [0.1, 0.15) is 31.4 Å². The van der Waals surface area contributed by atoms with Gasteiger partial charge < -0.3 is 37.3 Å². The van der Waals surface area contributed by atoms with Crippen molar-refractivity contribution in [3.05, 3.63) is 53.4 Å². The lowest BCUT2D eigenvalue weighted by Gasteiger charge is -2.17.